The van der Waals surface area contributed by atoms with Crippen LogP contribution in [-0.2, 0) is 11.2 Å². The number of hydrogen-bond acceptors (Lipinski definition) is 11. The predicted molar refractivity (Wildman–Crippen MR) is 120 cm³/mol. The van der Waals surface area contributed by atoms with Gasteiger partial charge in [0.05, 0.1) is 34.0 Å². The van der Waals surface area contributed by atoms with Crippen LogP contribution in [0.15, 0.2) is 30.3 Å². The van der Waals surface area contributed by atoms with Gasteiger partial charge in [0.25, 0.3) is 0 Å². The van der Waals surface area contributed by atoms with Gasteiger partial charge in [-0.25, -0.2) is 0 Å². The van der Waals surface area contributed by atoms with Crippen molar-refractivity contribution in [1.29, 1.82) is 0 Å². The van der Waals surface area contributed by atoms with E-state index in [-0.39, 0.29) is 11.5 Å². The van der Waals surface area contributed by atoms with E-state index in [0.717, 1.165) is 5.56 Å². The Kier molecular flexibility index (Phi) is 7.55. The summed E-state index contributed by atoms with van der Waals surface area (Å²) in [7, 11) is 4.49. The lowest BCUT2D eigenvalue weighted by Gasteiger charge is -2.39. The first kappa shape index (κ1) is 25.3. The number of methoxy groups -OCH3 is 3. The van der Waals surface area contributed by atoms with Crippen molar-refractivity contribution in [3.05, 3.63) is 41.5 Å². The Bertz CT molecular complexity index is 1030. The monoisotopic (exact) mass is 494 g/mol. The molecule has 7 atom stereocenters. The molecule has 2 aliphatic rings. The molecule has 0 saturated carbocycles. The van der Waals surface area contributed by atoms with Crippen LogP contribution >= 0.6 is 0 Å². The van der Waals surface area contributed by atoms with Crippen molar-refractivity contribution >= 4 is 0 Å². The normalized spacial score (nSPS) is 30.1. The summed E-state index contributed by atoms with van der Waals surface area (Å²) in [6.45, 7) is -0.575. The maximum absolute atomic E-state index is 10.8. The van der Waals surface area contributed by atoms with E-state index in [2.05, 4.69) is 0 Å². The molecular formula is C24H30O11. The average molecular weight is 494 g/mol. The molecule has 4 rings (SSSR count). The summed E-state index contributed by atoms with van der Waals surface area (Å²) >= 11 is 0. The third-order valence-electron chi connectivity index (χ3n) is 6.22. The molecule has 0 amide bonds. The van der Waals surface area contributed by atoms with Crippen molar-refractivity contribution in [2.24, 2.45) is 0 Å². The molecule has 2 heterocycles. The minimum atomic E-state index is -1.57. The van der Waals surface area contributed by atoms with Crippen LogP contribution in [-0.4, -0.2) is 90.3 Å². The van der Waals surface area contributed by atoms with Gasteiger partial charge in [-0.2, -0.15) is 0 Å². The Labute approximate surface area is 202 Å². The Morgan fingerprint density at radius 1 is 0.857 bits per heavy atom. The zero-order valence-corrected chi connectivity index (χ0v) is 19.5. The zero-order valence-electron chi connectivity index (χ0n) is 19.5. The smallest absolute Gasteiger partial charge is 0.229 e. The first-order valence-electron chi connectivity index (χ1n) is 11.1. The fraction of sp³-hybridized carbons (Fsp3) is 0.500. The Hall–Kier alpha value is -2.80. The fourth-order valence-electron chi connectivity index (χ4n) is 4.27. The summed E-state index contributed by atoms with van der Waals surface area (Å²) in [4.78, 5) is 0. The van der Waals surface area contributed by atoms with Gasteiger partial charge in [-0.05, 0) is 17.7 Å². The minimum Gasteiger partial charge on any atom is -0.496 e. The standard InChI is InChI=1S/C24H30O11/c1-30-12-7-16(31-2)13-9-14(26)23(33-17(13)8-12)11-4-5-15(18(6-11)32-3)34-24-22(29)21(28)20(27)19(10-25)35-24/h4-8,14,19-29H,9-10H2,1-3H3/t14-,19+,20+,21-,22+,23+,24+/m0/s1. The summed E-state index contributed by atoms with van der Waals surface area (Å²) in [5, 5.41) is 50.4. The summed E-state index contributed by atoms with van der Waals surface area (Å²) in [6.07, 6.45) is -8.43. The molecule has 2 aromatic carbocycles. The summed E-state index contributed by atoms with van der Waals surface area (Å²) in [6, 6.07) is 8.29. The van der Waals surface area contributed by atoms with Gasteiger partial charge in [0.1, 0.15) is 47.8 Å². The highest BCUT2D eigenvalue weighted by atomic mass is 16.7. The Morgan fingerprint density at radius 3 is 2.26 bits per heavy atom. The number of hydrogen-bond donors (Lipinski definition) is 5. The molecule has 0 radical (unpaired) electrons. The number of benzene rings is 2. The number of fused-ring (bicyclic) bond motifs is 1. The highest BCUT2D eigenvalue weighted by Gasteiger charge is 2.45. The van der Waals surface area contributed by atoms with E-state index in [4.69, 9.17) is 28.4 Å². The topological polar surface area (TPSA) is 157 Å². The first-order valence-corrected chi connectivity index (χ1v) is 11.1. The molecule has 1 fully saturated rings. The van der Waals surface area contributed by atoms with Crippen molar-refractivity contribution in [3.63, 3.8) is 0 Å². The molecule has 35 heavy (non-hydrogen) atoms. The fourth-order valence-corrected chi connectivity index (χ4v) is 4.27. The molecule has 11 heteroatoms. The number of rotatable bonds is 7. The van der Waals surface area contributed by atoms with E-state index in [1.54, 1.807) is 30.3 Å². The van der Waals surface area contributed by atoms with E-state index in [9.17, 15) is 25.5 Å². The highest BCUT2D eigenvalue weighted by molar-refractivity contribution is 5.53. The number of aliphatic hydroxyl groups is 5. The van der Waals surface area contributed by atoms with Gasteiger partial charge in [-0.3, -0.25) is 0 Å². The quantitative estimate of drug-likeness (QED) is 0.351. The van der Waals surface area contributed by atoms with Crippen LogP contribution in [0, 0.1) is 0 Å². The lowest BCUT2D eigenvalue weighted by atomic mass is 9.93. The number of aliphatic hydroxyl groups excluding tert-OH is 5. The molecule has 2 aliphatic heterocycles. The maximum Gasteiger partial charge on any atom is 0.229 e. The van der Waals surface area contributed by atoms with E-state index in [0.29, 0.717) is 29.2 Å². The lowest BCUT2D eigenvalue weighted by molar-refractivity contribution is -0.277. The van der Waals surface area contributed by atoms with Crippen LogP contribution in [0.5, 0.6) is 28.7 Å². The first-order chi connectivity index (χ1) is 16.8. The third kappa shape index (κ3) is 4.83. The van der Waals surface area contributed by atoms with Crippen LogP contribution in [0.2, 0.25) is 0 Å². The second kappa shape index (κ2) is 10.4. The van der Waals surface area contributed by atoms with Gasteiger partial charge in [0.15, 0.2) is 11.5 Å². The van der Waals surface area contributed by atoms with Crippen LogP contribution < -0.4 is 23.7 Å². The van der Waals surface area contributed by atoms with Crippen LogP contribution in [0.25, 0.3) is 0 Å². The van der Waals surface area contributed by atoms with Crippen LogP contribution in [0.3, 0.4) is 0 Å². The SMILES string of the molecule is COc1cc(OC)c2c(c1)O[C@H](c1ccc(O[C@@H]3O[C@H](CO)[C@@H](O)[C@H](O)[C@H]3O)c(OC)c1)[C@@H](O)C2. The van der Waals surface area contributed by atoms with Gasteiger partial charge in [-0.1, -0.05) is 6.07 Å². The Balaban J connectivity index is 1.58. The molecule has 0 aromatic heterocycles. The second-order valence-corrected chi connectivity index (χ2v) is 8.34. The van der Waals surface area contributed by atoms with E-state index in [1.807, 2.05) is 0 Å². The van der Waals surface area contributed by atoms with Gasteiger partial charge in [-0.15, -0.1) is 0 Å². The molecule has 192 valence electrons. The van der Waals surface area contributed by atoms with Crippen molar-refractivity contribution in [3.8, 4) is 28.7 Å². The molecule has 5 N–H and O–H groups in total. The van der Waals surface area contributed by atoms with E-state index in [1.165, 1.54) is 21.3 Å². The third-order valence-corrected chi connectivity index (χ3v) is 6.22. The van der Waals surface area contributed by atoms with Crippen LogP contribution in [0.4, 0.5) is 0 Å². The van der Waals surface area contributed by atoms with E-state index >= 15 is 0 Å². The minimum absolute atomic E-state index is 0.176. The molecule has 2 aromatic rings. The van der Waals surface area contributed by atoms with Crippen molar-refractivity contribution in [2.45, 2.75) is 49.3 Å². The summed E-state index contributed by atoms with van der Waals surface area (Å²) in [5.41, 5.74) is 1.33. The van der Waals surface area contributed by atoms with Gasteiger partial charge in [0, 0.05) is 24.1 Å². The molecule has 0 aliphatic carbocycles. The van der Waals surface area contributed by atoms with Crippen molar-refractivity contribution in [2.75, 3.05) is 27.9 Å². The van der Waals surface area contributed by atoms with E-state index < -0.39 is 49.5 Å². The molecule has 0 spiro atoms. The zero-order chi connectivity index (χ0) is 25.3. The lowest BCUT2D eigenvalue weighted by Crippen LogP contribution is -2.60. The van der Waals surface area contributed by atoms with Gasteiger partial charge < -0.3 is 54.0 Å². The Morgan fingerprint density at radius 2 is 1.60 bits per heavy atom. The molecule has 0 unspecified atom stereocenters. The summed E-state index contributed by atoms with van der Waals surface area (Å²) in [5.74, 6) is 2.06. The maximum atomic E-state index is 10.8. The van der Waals surface area contributed by atoms with Crippen molar-refractivity contribution in [1.82, 2.24) is 0 Å². The average Bonchev–Trinajstić information content (AvgIpc) is 2.88. The van der Waals surface area contributed by atoms with Gasteiger partial charge in [0.2, 0.25) is 6.29 Å². The molecular weight excluding hydrogens is 464 g/mol. The molecule has 11 nitrogen and oxygen atoms in total. The highest BCUT2D eigenvalue weighted by Crippen LogP contribution is 2.43. The molecule has 0 bridgehead atoms. The summed E-state index contributed by atoms with van der Waals surface area (Å²) < 4.78 is 33.4. The van der Waals surface area contributed by atoms with Crippen LogP contribution in [0.1, 0.15) is 17.2 Å². The van der Waals surface area contributed by atoms with Crippen molar-refractivity contribution < 1.29 is 54.0 Å². The number of ether oxygens (including phenoxy) is 6. The molecule has 1 saturated heterocycles. The second-order valence-electron chi connectivity index (χ2n) is 8.34. The predicted octanol–water partition coefficient (Wildman–Crippen LogP) is -0.0718. The van der Waals surface area contributed by atoms with Gasteiger partial charge >= 0.3 is 0 Å². The largest absolute Gasteiger partial charge is 0.496 e.